The van der Waals surface area contributed by atoms with Gasteiger partial charge < -0.3 is 10.6 Å². The molecule has 0 radical (unpaired) electrons. The minimum atomic E-state index is -0.313. The van der Waals surface area contributed by atoms with Crippen molar-refractivity contribution in [1.82, 2.24) is 15.3 Å². The van der Waals surface area contributed by atoms with E-state index >= 15 is 0 Å². The largest absolute Gasteiger partial charge is 0.348 e. The number of benzene rings is 2. The highest BCUT2D eigenvalue weighted by Gasteiger charge is 2.07. The third-order valence-corrected chi connectivity index (χ3v) is 3.31. The monoisotopic (exact) mass is 322 g/mol. The molecule has 3 aromatic rings. The van der Waals surface area contributed by atoms with Gasteiger partial charge in [0, 0.05) is 24.6 Å². The van der Waals surface area contributed by atoms with Crippen molar-refractivity contribution in [3.8, 4) is 0 Å². The van der Waals surface area contributed by atoms with Crippen LogP contribution in [0.4, 0.5) is 16.0 Å². The maximum atomic E-state index is 12.9. The van der Waals surface area contributed by atoms with Crippen LogP contribution in [0.3, 0.4) is 0 Å². The van der Waals surface area contributed by atoms with Crippen molar-refractivity contribution in [3.05, 3.63) is 83.9 Å². The molecule has 0 aliphatic carbocycles. The summed E-state index contributed by atoms with van der Waals surface area (Å²) in [6.45, 7) is 0.440. The summed E-state index contributed by atoms with van der Waals surface area (Å²) in [5.41, 5.74) is 2.05. The van der Waals surface area contributed by atoms with Crippen molar-refractivity contribution in [2.45, 2.75) is 6.54 Å². The summed E-state index contributed by atoms with van der Waals surface area (Å²) in [5.74, 6) is -0.222. The lowest BCUT2D eigenvalue weighted by atomic mass is 10.2. The van der Waals surface area contributed by atoms with Gasteiger partial charge in [-0.3, -0.25) is 4.79 Å². The van der Waals surface area contributed by atoms with Crippen LogP contribution in [0, 0.1) is 5.82 Å². The molecule has 0 atom stereocenters. The number of carbonyl (C=O) groups excluding carboxylic acids is 1. The van der Waals surface area contributed by atoms with Gasteiger partial charge in [-0.05, 0) is 29.8 Å². The molecule has 1 amide bonds. The predicted octanol–water partition coefficient (Wildman–Crippen LogP) is 3.29. The Hall–Kier alpha value is -3.28. The first kappa shape index (κ1) is 15.6. The number of halogens is 1. The fraction of sp³-hybridized carbons (Fsp3) is 0.0556. The molecule has 0 aliphatic heterocycles. The Morgan fingerprint density at radius 1 is 0.958 bits per heavy atom. The molecule has 0 saturated carbocycles. The van der Waals surface area contributed by atoms with E-state index < -0.39 is 0 Å². The summed E-state index contributed by atoms with van der Waals surface area (Å²) in [5, 5.41) is 5.74. The zero-order valence-electron chi connectivity index (χ0n) is 12.7. The average Bonchev–Trinajstić information content (AvgIpc) is 2.63. The van der Waals surface area contributed by atoms with Crippen molar-refractivity contribution < 1.29 is 9.18 Å². The Bertz CT molecular complexity index is 805. The van der Waals surface area contributed by atoms with Gasteiger partial charge in [-0.15, -0.1) is 0 Å². The molecule has 0 spiro atoms. The third kappa shape index (κ3) is 4.13. The maximum absolute atomic E-state index is 12.9. The molecular formula is C18H15FN4O. The fourth-order valence-electron chi connectivity index (χ4n) is 2.05. The number of nitrogens with one attached hydrogen (secondary N) is 2. The maximum Gasteiger partial charge on any atom is 0.254 e. The van der Waals surface area contributed by atoms with E-state index in [1.165, 1.54) is 24.5 Å². The molecule has 5 nitrogen and oxygen atoms in total. The summed E-state index contributed by atoms with van der Waals surface area (Å²) in [6.07, 6.45) is 2.89. The summed E-state index contributed by atoms with van der Waals surface area (Å²) in [4.78, 5) is 20.3. The van der Waals surface area contributed by atoms with E-state index in [0.717, 1.165) is 5.56 Å². The first-order chi connectivity index (χ1) is 11.7. The lowest BCUT2D eigenvalue weighted by Gasteiger charge is -2.07. The molecule has 2 N–H and O–H groups in total. The number of amides is 1. The van der Waals surface area contributed by atoms with Gasteiger partial charge in [0.15, 0.2) is 0 Å². The van der Waals surface area contributed by atoms with E-state index in [-0.39, 0.29) is 11.7 Å². The first-order valence-corrected chi connectivity index (χ1v) is 7.37. The zero-order chi connectivity index (χ0) is 16.8. The second kappa shape index (κ2) is 7.32. The molecular weight excluding hydrogens is 307 g/mol. The van der Waals surface area contributed by atoms with E-state index in [4.69, 9.17) is 0 Å². The minimum Gasteiger partial charge on any atom is -0.348 e. The number of hydrogen-bond donors (Lipinski definition) is 2. The molecule has 0 aliphatic rings. The van der Waals surface area contributed by atoms with Crippen LogP contribution >= 0.6 is 0 Å². The van der Waals surface area contributed by atoms with Crippen LogP contribution in [0.2, 0.25) is 0 Å². The van der Waals surface area contributed by atoms with Crippen molar-refractivity contribution >= 4 is 17.5 Å². The van der Waals surface area contributed by atoms with Gasteiger partial charge in [0.1, 0.15) is 5.82 Å². The molecule has 120 valence electrons. The Balaban J connectivity index is 1.59. The molecule has 3 rings (SSSR count). The van der Waals surface area contributed by atoms with E-state index in [2.05, 4.69) is 20.6 Å². The summed E-state index contributed by atoms with van der Waals surface area (Å²) in [7, 11) is 0. The lowest BCUT2D eigenvalue weighted by molar-refractivity contribution is 0.0950. The molecule has 6 heteroatoms. The standard InChI is InChI=1S/C18H15FN4O/c19-15-6-8-16(9-7-15)23-18-21-11-14(12-22-18)17(24)20-10-13-4-2-1-3-5-13/h1-9,11-12H,10H2,(H,20,24)(H,21,22,23). The number of carbonyl (C=O) groups is 1. The summed E-state index contributed by atoms with van der Waals surface area (Å²) < 4.78 is 12.9. The molecule has 0 saturated heterocycles. The second-order valence-corrected chi connectivity index (χ2v) is 5.10. The summed E-state index contributed by atoms with van der Waals surface area (Å²) >= 11 is 0. The molecule has 0 fully saturated rings. The van der Waals surface area contributed by atoms with E-state index in [1.54, 1.807) is 12.1 Å². The normalized spacial score (nSPS) is 10.2. The first-order valence-electron chi connectivity index (χ1n) is 7.37. The second-order valence-electron chi connectivity index (χ2n) is 5.10. The number of aromatic nitrogens is 2. The van der Waals surface area contributed by atoms with Crippen molar-refractivity contribution in [3.63, 3.8) is 0 Å². The fourth-order valence-corrected chi connectivity index (χ4v) is 2.05. The summed E-state index contributed by atoms with van der Waals surface area (Å²) in [6, 6.07) is 15.5. The predicted molar refractivity (Wildman–Crippen MR) is 89.3 cm³/mol. The van der Waals surface area contributed by atoms with E-state index in [0.29, 0.717) is 23.7 Å². The van der Waals surface area contributed by atoms with Crippen LogP contribution in [-0.4, -0.2) is 15.9 Å². The lowest BCUT2D eigenvalue weighted by Crippen LogP contribution is -2.23. The Morgan fingerprint density at radius 3 is 2.29 bits per heavy atom. The van der Waals surface area contributed by atoms with Gasteiger partial charge in [-0.2, -0.15) is 0 Å². The van der Waals surface area contributed by atoms with Gasteiger partial charge in [0.2, 0.25) is 5.95 Å². The van der Waals surface area contributed by atoms with Gasteiger partial charge in [-0.1, -0.05) is 30.3 Å². The molecule has 2 aromatic carbocycles. The Morgan fingerprint density at radius 2 is 1.62 bits per heavy atom. The van der Waals surface area contributed by atoms with Crippen LogP contribution in [0.5, 0.6) is 0 Å². The number of hydrogen-bond acceptors (Lipinski definition) is 4. The van der Waals surface area contributed by atoms with Gasteiger partial charge in [-0.25, -0.2) is 14.4 Å². The van der Waals surface area contributed by atoms with Crippen LogP contribution in [-0.2, 0) is 6.54 Å². The molecule has 1 aromatic heterocycles. The van der Waals surface area contributed by atoms with E-state index in [9.17, 15) is 9.18 Å². The van der Waals surface area contributed by atoms with Gasteiger partial charge in [0.25, 0.3) is 5.91 Å². The Kier molecular flexibility index (Phi) is 4.76. The van der Waals surface area contributed by atoms with Crippen LogP contribution in [0.25, 0.3) is 0 Å². The van der Waals surface area contributed by atoms with Gasteiger partial charge in [0.05, 0.1) is 5.56 Å². The molecule has 0 unspecified atom stereocenters. The molecule has 24 heavy (non-hydrogen) atoms. The van der Waals surface area contributed by atoms with Crippen LogP contribution < -0.4 is 10.6 Å². The van der Waals surface area contributed by atoms with Crippen molar-refractivity contribution in [2.24, 2.45) is 0 Å². The van der Waals surface area contributed by atoms with Gasteiger partial charge >= 0.3 is 0 Å². The minimum absolute atomic E-state index is 0.243. The number of anilines is 2. The SMILES string of the molecule is O=C(NCc1ccccc1)c1cnc(Nc2ccc(F)cc2)nc1. The highest BCUT2D eigenvalue weighted by atomic mass is 19.1. The van der Waals surface area contributed by atoms with Crippen molar-refractivity contribution in [2.75, 3.05) is 5.32 Å². The topological polar surface area (TPSA) is 66.9 Å². The van der Waals surface area contributed by atoms with Crippen molar-refractivity contribution in [1.29, 1.82) is 0 Å². The highest BCUT2D eigenvalue weighted by Crippen LogP contribution is 2.13. The van der Waals surface area contributed by atoms with Crippen LogP contribution in [0.1, 0.15) is 15.9 Å². The van der Waals surface area contributed by atoms with Crippen LogP contribution in [0.15, 0.2) is 67.0 Å². The Labute approximate surface area is 138 Å². The average molecular weight is 322 g/mol. The molecule has 0 bridgehead atoms. The number of rotatable bonds is 5. The number of nitrogens with zero attached hydrogens (tertiary/aromatic N) is 2. The van der Waals surface area contributed by atoms with E-state index in [1.807, 2.05) is 30.3 Å². The highest BCUT2D eigenvalue weighted by molar-refractivity contribution is 5.93. The molecule has 1 heterocycles. The zero-order valence-corrected chi connectivity index (χ0v) is 12.7. The third-order valence-electron chi connectivity index (χ3n) is 3.31. The smallest absolute Gasteiger partial charge is 0.254 e. The quantitative estimate of drug-likeness (QED) is 0.756.